The summed E-state index contributed by atoms with van der Waals surface area (Å²) in [5.41, 5.74) is 1.70. The minimum absolute atomic E-state index is 0.104. The molecule has 1 saturated heterocycles. The lowest BCUT2D eigenvalue weighted by Gasteiger charge is -2.30. The van der Waals surface area contributed by atoms with Gasteiger partial charge in [0.05, 0.1) is 5.69 Å². The number of thiazole rings is 1. The van der Waals surface area contributed by atoms with E-state index >= 15 is 0 Å². The van der Waals surface area contributed by atoms with E-state index in [-0.39, 0.29) is 5.91 Å². The predicted octanol–water partition coefficient (Wildman–Crippen LogP) is 3.63. The maximum atomic E-state index is 12.1. The average Bonchev–Trinajstić information content (AvgIpc) is 2.95. The van der Waals surface area contributed by atoms with Crippen molar-refractivity contribution >= 4 is 22.4 Å². The maximum Gasteiger partial charge on any atom is 0.257 e. The van der Waals surface area contributed by atoms with Crippen LogP contribution in [0.5, 0.6) is 0 Å². The Balaban J connectivity index is 1.58. The number of rotatable bonds is 4. The van der Waals surface area contributed by atoms with Crippen LogP contribution in [-0.4, -0.2) is 28.9 Å². The Hall–Kier alpha value is -1.72. The summed E-state index contributed by atoms with van der Waals surface area (Å²) >= 11 is 1.49. The molecule has 5 heteroatoms. The molecule has 0 saturated carbocycles. The van der Waals surface area contributed by atoms with Gasteiger partial charge in [-0.25, -0.2) is 4.98 Å². The fraction of sp³-hybridized carbons (Fsp3) is 0.412. The van der Waals surface area contributed by atoms with E-state index in [1.807, 2.05) is 23.6 Å². The second kappa shape index (κ2) is 7.03. The van der Waals surface area contributed by atoms with E-state index < -0.39 is 0 Å². The second-order valence-electron chi connectivity index (χ2n) is 5.95. The molecule has 1 fully saturated rings. The number of amides is 1. The quantitative estimate of drug-likeness (QED) is 0.937. The van der Waals surface area contributed by atoms with Gasteiger partial charge in [-0.15, -0.1) is 11.3 Å². The van der Waals surface area contributed by atoms with Crippen LogP contribution < -0.4 is 5.32 Å². The number of carbonyl (C=O) groups is 1. The van der Waals surface area contributed by atoms with Crippen molar-refractivity contribution in [1.82, 2.24) is 9.88 Å². The highest BCUT2D eigenvalue weighted by atomic mass is 32.1. The van der Waals surface area contributed by atoms with Crippen LogP contribution in [0.2, 0.25) is 0 Å². The second-order valence-corrected chi connectivity index (χ2v) is 6.80. The number of hydrogen-bond acceptors (Lipinski definition) is 4. The summed E-state index contributed by atoms with van der Waals surface area (Å²) in [5.74, 6) is 0.665. The molecule has 1 atom stereocenters. The van der Waals surface area contributed by atoms with Crippen LogP contribution in [0.15, 0.2) is 35.7 Å². The number of benzene rings is 1. The lowest BCUT2D eigenvalue weighted by atomic mass is 10.0. The van der Waals surface area contributed by atoms with Gasteiger partial charge < -0.3 is 0 Å². The summed E-state index contributed by atoms with van der Waals surface area (Å²) in [7, 11) is 0. The molecule has 0 bridgehead atoms. The SMILES string of the molecule is CC1CCCN(Cc2csc(NC(=O)c3ccccc3)n2)C1. The highest BCUT2D eigenvalue weighted by Gasteiger charge is 2.17. The van der Waals surface area contributed by atoms with Gasteiger partial charge in [0, 0.05) is 24.0 Å². The molecule has 1 aromatic heterocycles. The molecule has 1 aliphatic heterocycles. The van der Waals surface area contributed by atoms with Crippen molar-refractivity contribution in [3.63, 3.8) is 0 Å². The van der Waals surface area contributed by atoms with Crippen molar-refractivity contribution in [3.8, 4) is 0 Å². The molecule has 1 amide bonds. The molecule has 1 N–H and O–H groups in total. The largest absolute Gasteiger partial charge is 0.298 e. The van der Waals surface area contributed by atoms with Crippen molar-refractivity contribution in [1.29, 1.82) is 0 Å². The summed E-state index contributed by atoms with van der Waals surface area (Å²) in [6, 6.07) is 9.23. The first-order chi connectivity index (χ1) is 10.7. The lowest BCUT2D eigenvalue weighted by Crippen LogP contribution is -2.33. The normalized spacial score (nSPS) is 19.0. The Morgan fingerprint density at radius 2 is 2.23 bits per heavy atom. The standard InChI is InChI=1S/C17H21N3OS/c1-13-6-5-9-20(10-13)11-15-12-22-17(18-15)19-16(21)14-7-3-2-4-8-14/h2-4,7-8,12-13H,5-6,9-11H2,1H3,(H,18,19,21). The van der Waals surface area contributed by atoms with E-state index in [9.17, 15) is 4.79 Å². The van der Waals surface area contributed by atoms with E-state index in [0.717, 1.165) is 31.2 Å². The molecule has 2 aromatic rings. The Kier molecular flexibility index (Phi) is 4.85. The minimum atomic E-state index is -0.104. The highest BCUT2D eigenvalue weighted by Crippen LogP contribution is 2.21. The van der Waals surface area contributed by atoms with Crippen molar-refractivity contribution in [3.05, 3.63) is 47.0 Å². The number of nitrogens with one attached hydrogen (secondary N) is 1. The number of piperidine rings is 1. The van der Waals surface area contributed by atoms with Crippen LogP contribution in [0, 0.1) is 5.92 Å². The lowest BCUT2D eigenvalue weighted by molar-refractivity contribution is 0.102. The molecule has 116 valence electrons. The zero-order valence-corrected chi connectivity index (χ0v) is 13.6. The smallest absolute Gasteiger partial charge is 0.257 e. The van der Waals surface area contributed by atoms with Gasteiger partial charge in [-0.3, -0.25) is 15.0 Å². The Morgan fingerprint density at radius 1 is 1.41 bits per heavy atom. The minimum Gasteiger partial charge on any atom is -0.298 e. The van der Waals surface area contributed by atoms with Crippen LogP contribution in [0.4, 0.5) is 5.13 Å². The first-order valence-electron chi connectivity index (χ1n) is 7.74. The molecule has 22 heavy (non-hydrogen) atoms. The van der Waals surface area contributed by atoms with Crippen LogP contribution in [0.1, 0.15) is 35.8 Å². The molecule has 2 heterocycles. The van der Waals surface area contributed by atoms with Crippen molar-refractivity contribution in [2.24, 2.45) is 5.92 Å². The Bertz CT molecular complexity index is 626. The van der Waals surface area contributed by atoms with Gasteiger partial charge in [0.2, 0.25) is 0 Å². The fourth-order valence-electron chi connectivity index (χ4n) is 2.86. The summed E-state index contributed by atoms with van der Waals surface area (Å²) in [4.78, 5) is 19.1. The van der Waals surface area contributed by atoms with Crippen LogP contribution >= 0.6 is 11.3 Å². The molecule has 0 aliphatic carbocycles. The molecule has 0 spiro atoms. The molecule has 0 radical (unpaired) electrons. The third kappa shape index (κ3) is 3.93. The summed E-state index contributed by atoms with van der Waals surface area (Å²) in [5, 5.41) is 5.59. The van der Waals surface area contributed by atoms with Gasteiger partial charge in [-0.2, -0.15) is 0 Å². The van der Waals surface area contributed by atoms with E-state index in [1.165, 1.54) is 24.2 Å². The van der Waals surface area contributed by atoms with E-state index in [4.69, 9.17) is 0 Å². The zero-order chi connectivity index (χ0) is 15.4. The van der Waals surface area contributed by atoms with Gasteiger partial charge in [0.15, 0.2) is 5.13 Å². The van der Waals surface area contributed by atoms with Crippen molar-refractivity contribution in [2.75, 3.05) is 18.4 Å². The number of anilines is 1. The summed E-state index contributed by atoms with van der Waals surface area (Å²) in [6.07, 6.45) is 2.59. The third-order valence-electron chi connectivity index (χ3n) is 3.93. The highest BCUT2D eigenvalue weighted by molar-refractivity contribution is 7.13. The molecule has 3 rings (SSSR count). The number of aromatic nitrogens is 1. The van der Waals surface area contributed by atoms with Crippen LogP contribution in [-0.2, 0) is 6.54 Å². The average molecular weight is 315 g/mol. The van der Waals surface area contributed by atoms with Gasteiger partial charge in [-0.1, -0.05) is 25.1 Å². The Morgan fingerprint density at radius 3 is 3.00 bits per heavy atom. The third-order valence-corrected chi connectivity index (χ3v) is 4.74. The maximum absolute atomic E-state index is 12.1. The first-order valence-corrected chi connectivity index (χ1v) is 8.62. The van der Waals surface area contributed by atoms with Crippen molar-refractivity contribution < 1.29 is 4.79 Å². The molecule has 1 unspecified atom stereocenters. The molecular weight excluding hydrogens is 294 g/mol. The van der Waals surface area contributed by atoms with E-state index in [2.05, 4.69) is 22.1 Å². The number of nitrogens with zero attached hydrogens (tertiary/aromatic N) is 2. The molecule has 1 aromatic carbocycles. The number of likely N-dealkylation sites (tertiary alicyclic amines) is 1. The van der Waals surface area contributed by atoms with Gasteiger partial charge in [-0.05, 0) is 37.4 Å². The van der Waals surface area contributed by atoms with E-state index in [1.54, 1.807) is 12.1 Å². The van der Waals surface area contributed by atoms with Crippen LogP contribution in [0.25, 0.3) is 0 Å². The topological polar surface area (TPSA) is 45.2 Å². The monoisotopic (exact) mass is 315 g/mol. The molecular formula is C17H21N3OS. The van der Waals surface area contributed by atoms with Crippen molar-refractivity contribution in [2.45, 2.75) is 26.3 Å². The van der Waals surface area contributed by atoms with Crippen LogP contribution in [0.3, 0.4) is 0 Å². The molecule has 4 nitrogen and oxygen atoms in total. The molecule has 1 aliphatic rings. The number of carbonyl (C=O) groups excluding carboxylic acids is 1. The fourth-order valence-corrected chi connectivity index (χ4v) is 3.55. The van der Waals surface area contributed by atoms with Gasteiger partial charge in [0.25, 0.3) is 5.91 Å². The number of hydrogen-bond donors (Lipinski definition) is 1. The Labute approximate surface area is 135 Å². The van der Waals surface area contributed by atoms with Gasteiger partial charge >= 0.3 is 0 Å². The predicted molar refractivity (Wildman–Crippen MR) is 90.2 cm³/mol. The van der Waals surface area contributed by atoms with E-state index in [0.29, 0.717) is 10.7 Å². The zero-order valence-electron chi connectivity index (χ0n) is 12.8. The summed E-state index contributed by atoms with van der Waals surface area (Å²) in [6.45, 7) is 5.47. The summed E-state index contributed by atoms with van der Waals surface area (Å²) < 4.78 is 0. The van der Waals surface area contributed by atoms with Gasteiger partial charge in [0.1, 0.15) is 0 Å². The first kappa shape index (κ1) is 15.2.